The molecule has 448 valence electrons. The minimum Gasteiger partial charge on any atom is -0.370 e. The standard InChI is InChI=1S/C61H107N11O7/c1-5-7-9-11-13-15-17-19-27-40-72(41-28-20-18-16-14-12-10-8-6-2)42-29-25-34-49(67-55(74)48-36-37-48)57(76)69-51(35-30-39-65-61(62)63)58(77)68-50-33-24-26-38-64-54(73)45-66-56(75)53(44-47-31-22-21-23-32-47)71-60(79)52(43-46(3)4)70-59(50)78/h21-23,31-32,46,48-53H,5-20,24-30,33-45H2,1-4H3,(H,64,73)(H,66,75)(H,67,74)(H,68,77)(H,69,76)(H,70,78)(H,71,79)(H4,62,63,65)/t49-,50-,51-,52-,53-/m0/s1. The van der Waals surface area contributed by atoms with Crippen molar-refractivity contribution in [3.8, 4) is 0 Å². The van der Waals surface area contributed by atoms with E-state index in [4.69, 9.17) is 11.5 Å². The second-order valence-electron chi connectivity index (χ2n) is 22.9. The lowest BCUT2D eigenvalue weighted by Crippen LogP contribution is -2.59. The second kappa shape index (κ2) is 41.7. The molecular weight excluding hydrogens is 999 g/mol. The van der Waals surface area contributed by atoms with Crippen molar-refractivity contribution in [3.05, 3.63) is 35.9 Å². The van der Waals surface area contributed by atoms with Crippen LogP contribution in [-0.4, -0.2) is 122 Å². The van der Waals surface area contributed by atoms with Crippen molar-refractivity contribution < 1.29 is 33.6 Å². The van der Waals surface area contributed by atoms with Gasteiger partial charge in [-0.3, -0.25) is 38.6 Å². The molecule has 0 unspecified atom stereocenters. The highest BCUT2D eigenvalue weighted by Gasteiger charge is 2.35. The van der Waals surface area contributed by atoms with Crippen molar-refractivity contribution in [2.45, 2.75) is 251 Å². The Morgan fingerprint density at radius 1 is 0.620 bits per heavy atom. The Morgan fingerprint density at radius 3 is 1.73 bits per heavy atom. The van der Waals surface area contributed by atoms with Crippen LogP contribution in [0.25, 0.3) is 0 Å². The van der Waals surface area contributed by atoms with Crippen molar-refractivity contribution in [1.82, 2.24) is 42.1 Å². The Bertz CT molecular complexity index is 1910. The fourth-order valence-corrected chi connectivity index (χ4v) is 10.2. The average Bonchev–Trinajstić information content (AvgIpc) is 4.30. The van der Waals surface area contributed by atoms with Gasteiger partial charge in [0, 0.05) is 25.4 Å². The van der Waals surface area contributed by atoms with E-state index >= 15 is 0 Å². The van der Waals surface area contributed by atoms with E-state index in [1.807, 2.05) is 44.2 Å². The fourth-order valence-electron chi connectivity index (χ4n) is 10.2. The minimum atomic E-state index is -1.14. The van der Waals surface area contributed by atoms with Gasteiger partial charge in [-0.25, -0.2) is 0 Å². The van der Waals surface area contributed by atoms with Gasteiger partial charge in [0.25, 0.3) is 0 Å². The number of unbranched alkanes of at least 4 members (excludes halogenated alkanes) is 17. The van der Waals surface area contributed by atoms with Crippen molar-refractivity contribution >= 4 is 47.3 Å². The third-order valence-corrected chi connectivity index (χ3v) is 15.1. The molecule has 1 aliphatic carbocycles. The average molecular weight is 1110 g/mol. The van der Waals surface area contributed by atoms with Gasteiger partial charge < -0.3 is 53.6 Å². The highest BCUT2D eigenvalue weighted by molar-refractivity contribution is 5.97. The normalized spacial score (nSPS) is 18.4. The number of carbonyl (C=O) groups is 7. The number of rotatable bonds is 39. The molecule has 2 fully saturated rings. The van der Waals surface area contributed by atoms with Crippen molar-refractivity contribution in [3.63, 3.8) is 0 Å². The van der Waals surface area contributed by atoms with Crippen LogP contribution in [0, 0.1) is 11.8 Å². The van der Waals surface area contributed by atoms with Gasteiger partial charge in [0.1, 0.15) is 30.2 Å². The minimum absolute atomic E-state index is 0.0500. The van der Waals surface area contributed by atoms with E-state index in [9.17, 15) is 33.6 Å². The fraction of sp³-hybridized carbons (Fsp3) is 0.770. The predicted octanol–water partition coefficient (Wildman–Crippen LogP) is 7.11. The summed E-state index contributed by atoms with van der Waals surface area (Å²) in [6.07, 6.45) is 28.4. The first-order valence-corrected chi connectivity index (χ1v) is 31.1. The lowest BCUT2D eigenvalue weighted by atomic mass is 10.00. The summed E-state index contributed by atoms with van der Waals surface area (Å²) in [6, 6.07) is 3.88. The first-order valence-electron chi connectivity index (χ1n) is 31.1. The molecule has 18 nitrogen and oxygen atoms in total. The van der Waals surface area contributed by atoms with Crippen molar-refractivity contribution in [1.29, 1.82) is 0 Å². The summed E-state index contributed by atoms with van der Waals surface area (Å²) < 4.78 is 0. The van der Waals surface area contributed by atoms with Gasteiger partial charge in [-0.1, -0.05) is 161 Å². The van der Waals surface area contributed by atoms with Crippen LogP contribution >= 0.6 is 0 Å². The molecule has 18 heteroatoms. The highest BCUT2D eigenvalue weighted by Crippen LogP contribution is 2.29. The zero-order chi connectivity index (χ0) is 57.5. The Morgan fingerprint density at radius 2 is 1.16 bits per heavy atom. The molecule has 0 radical (unpaired) electrons. The summed E-state index contributed by atoms with van der Waals surface area (Å²) in [7, 11) is 0. The maximum atomic E-state index is 14.5. The van der Waals surface area contributed by atoms with E-state index in [0.29, 0.717) is 32.1 Å². The van der Waals surface area contributed by atoms with Crippen LogP contribution in [0.5, 0.6) is 0 Å². The van der Waals surface area contributed by atoms with Crippen LogP contribution in [0.3, 0.4) is 0 Å². The number of nitrogens with two attached hydrogens (primary N) is 2. The molecule has 79 heavy (non-hydrogen) atoms. The van der Waals surface area contributed by atoms with Crippen molar-refractivity contribution in [2.24, 2.45) is 28.3 Å². The number of hydrogen-bond donors (Lipinski definition) is 9. The molecule has 0 aromatic heterocycles. The third kappa shape index (κ3) is 31.9. The first-order chi connectivity index (χ1) is 38.2. The highest BCUT2D eigenvalue weighted by atomic mass is 16.2. The zero-order valence-electron chi connectivity index (χ0n) is 49.3. The Balaban J connectivity index is 1.77. The van der Waals surface area contributed by atoms with E-state index in [-0.39, 0.29) is 69.0 Å². The Kier molecular flexibility index (Phi) is 35.9. The van der Waals surface area contributed by atoms with Crippen LogP contribution in [0.1, 0.15) is 219 Å². The largest absolute Gasteiger partial charge is 0.370 e. The van der Waals surface area contributed by atoms with Gasteiger partial charge >= 0.3 is 0 Å². The number of nitrogens with one attached hydrogen (secondary N) is 7. The molecule has 0 spiro atoms. The van der Waals surface area contributed by atoms with Crippen LogP contribution in [-0.2, 0) is 40.0 Å². The van der Waals surface area contributed by atoms with Gasteiger partial charge in [-0.15, -0.1) is 0 Å². The molecule has 3 rings (SSSR count). The SMILES string of the molecule is CCCCCCCCCCCN(CCCCCCCCCCC)CCCC[C@H](NC(=O)C1CC1)C(=O)N[C@@H](CCCN=C(N)N)C(=O)N[C@H]1CCCCNC(=O)CNC(=O)[C@H](Cc2ccccc2)NC(=O)[C@H](CC(C)C)NC1=O. The van der Waals surface area contributed by atoms with Crippen molar-refractivity contribution in [2.75, 3.05) is 39.3 Å². The summed E-state index contributed by atoms with van der Waals surface area (Å²) in [5, 5.41) is 20.0. The second-order valence-corrected chi connectivity index (χ2v) is 22.9. The first kappa shape index (κ1) is 68.0. The lowest BCUT2D eigenvalue weighted by Gasteiger charge is -2.28. The molecule has 5 atom stereocenters. The van der Waals surface area contributed by atoms with Gasteiger partial charge in [0.15, 0.2) is 5.96 Å². The predicted molar refractivity (Wildman–Crippen MR) is 317 cm³/mol. The molecule has 1 saturated heterocycles. The molecule has 11 N–H and O–H groups in total. The maximum Gasteiger partial charge on any atom is 0.243 e. The van der Waals surface area contributed by atoms with Gasteiger partial charge in [0.2, 0.25) is 41.4 Å². The Labute approximate surface area is 475 Å². The molecule has 7 amide bonds. The smallest absolute Gasteiger partial charge is 0.243 e. The number of carbonyl (C=O) groups excluding carboxylic acids is 7. The van der Waals surface area contributed by atoms with Crippen LogP contribution in [0.15, 0.2) is 35.3 Å². The number of hydrogen-bond acceptors (Lipinski definition) is 9. The number of amides is 7. The third-order valence-electron chi connectivity index (χ3n) is 15.1. The molecule has 1 heterocycles. The number of guanidine groups is 1. The topological polar surface area (TPSA) is 271 Å². The summed E-state index contributed by atoms with van der Waals surface area (Å²) in [5.74, 6) is -3.74. The van der Waals surface area contributed by atoms with Crippen LogP contribution < -0.4 is 48.7 Å². The van der Waals surface area contributed by atoms with Gasteiger partial charge in [-0.05, 0) is 115 Å². The van der Waals surface area contributed by atoms with Crippen LogP contribution in [0.2, 0.25) is 0 Å². The molecule has 1 saturated carbocycles. The van der Waals surface area contributed by atoms with E-state index < -0.39 is 65.7 Å². The van der Waals surface area contributed by atoms with E-state index in [1.165, 1.54) is 116 Å². The summed E-state index contributed by atoms with van der Waals surface area (Å²) >= 11 is 0. The van der Waals surface area contributed by atoms with Crippen LogP contribution in [0.4, 0.5) is 0 Å². The molecule has 1 aliphatic heterocycles. The monoisotopic (exact) mass is 1110 g/mol. The number of aliphatic imine (C=N–C) groups is 1. The molecule has 1 aromatic carbocycles. The zero-order valence-corrected chi connectivity index (χ0v) is 49.3. The Hall–Kier alpha value is -5.26. The summed E-state index contributed by atoms with van der Waals surface area (Å²) in [5.41, 5.74) is 12.0. The van der Waals surface area contributed by atoms with Gasteiger partial charge in [-0.2, -0.15) is 0 Å². The number of benzene rings is 1. The van der Waals surface area contributed by atoms with E-state index in [1.54, 1.807) is 0 Å². The molecule has 1 aromatic rings. The van der Waals surface area contributed by atoms with E-state index in [2.05, 4.69) is 61.0 Å². The maximum absolute atomic E-state index is 14.5. The van der Waals surface area contributed by atoms with Gasteiger partial charge in [0.05, 0.1) is 6.54 Å². The molecule has 2 aliphatic rings. The summed E-state index contributed by atoms with van der Waals surface area (Å²) in [6.45, 7) is 11.5. The lowest BCUT2D eigenvalue weighted by molar-refractivity contribution is -0.135. The molecular formula is C61H107N11O7. The number of nitrogens with zero attached hydrogens (tertiary/aromatic N) is 2. The quantitative estimate of drug-likeness (QED) is 0.0183. The molecule has 0 bridgehead atoms. The van der Waals surface area contributed by atoms with E-state index in [0.717, 1.165) is 44.5 Å². The summed E-state index contributed by atoms with van der Waals surface area (Å²) in [4.78, 5) is 104.